The number of anilines is 2. The molecule has 0 bridgehead atoms. The Kier molecular flexibility index (Phi) is 3.99. The molecule has 0 saturated carbocycles. The lowest BCUT2D eigenvalue weighted by Crippen LogP contribution is -2.18. The lowest BCUT2D eigenvalue weighted by atomic mass is 10.2. The summed E-state index contributed by atoms with van der Waals surface area (Å²) in [7, 11) is 3.22. The number of hydrogen-bond acceptors (Lipinski definition) is 4. The first-order valence-corrected chi connectivity index (χ1v) is 6.67. The molecule has 0 atom stereocenters. The van der Waals surface area contributed by atoms with Gasteiger partial charge in [0.1, 0.15) is 11.4 Å². The average Bonchev–Trinajstić information content (AvgIpc) is 2.63. The molecule has 0 radical (unpaired) electrons. The van der Waals surface area contributed by atoms with Crippen LogP contribution >= 0.6 is 15.9 Å². The van der Waals surface area contributed by atoms with E-state index in [1.54, 1.807) is 33.2 Å². The van der Waals surface area contributed by atoms with Gasteiger partial charge in [0.25, 0.3) is 5.91 Å². The molecule has 0 aliphatic rings. The van der Waals surface area contributed by atoms with Crippen LogP contribution in [-0.4, -0.2) is 22.8 Å². The summed E-state index contributed by atoms with van der Waals surface area (Å²) in [6, 6.07) is 5.35. The number of nitrogens with zero attached hydrogens (tertiary/aromatic N) is 2. The number of aryl methyl sites for hydroxylation is 2. The van der Waals surface area contributed by atoms with E-state index in [2.05, 4.69) is 26.3 Å². The highest BCUT2D eigenvalue weighted by Crippen LogP contribution is 2.29. The van der Waals surface area contributed by atoms with Gasteiger partial charge < -0.3 is 15.8 Å². The number of aromatic nitrogens is 2. The molecule has 3 N–H and O–H groups in total. The van der Waals surface area contributed by atoms with Gasteiger partial charge in [-0.15, -0.1) is 0 Å². The molecule has 1 aromatic carbocycles. The Morgan fingerprint density at radius 3 is 2.75 bits per heavy atom. The Labute approximate surface area is 125 Å². The number of carbonyl (C=O) groups is 1. The molecule has 0 fully saturated rings. The predicted molar refractivity (Wildman–Crippen MR) is 81.0 cm³/mol. The maximum Gasteiger partial charge on any atom is 0.276 e. The van der Waals surface area contributed by atoms with E-state index < -0.39 is 0 Å². The van der Waals surface area contributed by atoms with Crippen molar-refractivity contribution in [3.63, 3.8) is 0 Å². The van der Waals surface area contributed by atoms with E-state index in [1.807, 2.05) is 6.07 Å². The van der Waals surface area contributed by atoms with Crippen molar-refractivity contribution in [3.05, 3.63) is 34.1 Å². The SMILES string of the molecule is COc1ccc(Br)cc1NC(=O)c1c(N)c(C)nn1C. The number of amides is 1. The van der Waals surface area contributed by atoms with Gasteiger partial charge in [-0.05, 0) is 25.1 Å². The largest absolute Gasteiger partial charge is 0.495 e. The molecule has 0 aliphatic heterocycles. The van der Waals surface area contributed by atoms with Crippen molar-refractivity contribution in [2.75, 3.05) is 18.2 Å². The maximum absolute atomic E-state index is 12.3. The standard InChI is InChI=1S/C13H15BrN4O2/c1-7-11(15)12(18(2)17-7)13(19)16-9-6-8(14)4-5-10(9)20-3/h4-6H,15H2,1-3H3,(H,16,19). The predicted octanol–water partition coefficient (Wildman–Crippen LogP) is 2.33. The van der Waals surface area contributed by atoms with E-state index in [-0.39, 0.29) is 5.91 Å². The third-order valence-corrected chi connectivity index (χ3v) is 3.39. The van der Waals surface area contributed by atoms with Crippen LogP contribution in [0.2, 0.25) is 0 Å². The zero-order valence-electron chi connectivity index (χ0n) is 11.4. The van der Waals surface area contributed by atoms with Gasteiger partial charge in [-0.25, -0.2) is 0 Å². The van der Waals surface area contributed by atoms with Gasteiger partial charge >= 0.3 is 0 Å². The molecule has 2 rings (SSSR count). The van der Waals surface area contributed by atoms with Gasteiger partial charge in [0.15, 0.2) is 0 Å². The summed E-state index contributed by atoms with van der Waals surface area (Å²) in [4.78, 5) is 12.3. The van der Waals surface area contributed by atoms with Crippen LogP contribution < -0.4 is 15.8 Å². The minimum absolute atomic E-state index is 0.324. The van der Waals surface area contributed by atoms with E-state index in [0.29, 0.717) is 28.5 Å². The molecular formula is C13H15BrN4O2. The number of nitrogen functional groups attached to an aromatic ring is 1. The summed E-state index contributed by atoms with van der Waals surface area (Å²) in [5, 5.41) is 6.90. The Balaban J connectivity index is 2.35. The van der Waals surface area contributed by atoms with Crippen LogP contribution in [0.5, 0.6) is 5.75 Å². The molecule has 0 saturated heterocycles. The number of carbonyl (C=O) groups excluding carboxylic acids is 1. The highest BCUT2D eigenvalue weighted by Gasteiger charge is 2.19. The Morgan fingerprint density at radius 1 is 1.50 bits per heavy atom. The number of ether oxygens (including phenoxy) is 1. The van der Waals surface area contributed by atoms with E-state index in [4.69, 9.17) is 10.5 Å². The van der Waals surface area contributed by atoms with Gasteiger partial charge in [-0.2, -0.15) is 5.10 Å². The summed E-state index contributed by atoms with van der Waals surface area (Å²) in [5.41, 5.74) is 7.76. The summed E-state index contributed by atoms with van der Waals surface area (Å²) in [6.45, 7) is 1.76. The third-order valence-electron chi connectivity index (χ3n) is 2.89. The smallest absolute Gasteiger partial charge is 0.276 e. The number of methoxy groups -OCH3 is 1. The zero-order chi connectivity index (χ0) is 14.9. The average molecular weight is 339 g/mol. The van der Waals surface area contributed by atoms with E-state index in [9.17, 15) is 4.79 Å². The number of hydrogen-bond donors (Lipinski definition) is 2. The first-order valence-electron chi connectivity index (χ1n) is 5.88. The molecule has 106 valence electrons. The monoisotopic (exact) mass is 338 g/mol. The minimum atomic E-state index is -0.331. The van der Waals surface area contributed by atoms with Gasteiger partial charge in [0, 0.05) is 11.5 Å². The Bertz CT molecular complexity index is 667. The van der Waals surface area contributed by atoms with Crippen molar-refractivity contribution in [2.24, 2.45) is 7.05 Å². The quantitative estimate of drug-likeness (QED) is 0.899. The number of benzene rings is 1. The van der Waals surface area contributed by atoms with Crippen LogP contribution in [0.1, 0.15) is 16.2 Å². The molecule has 1 heterocycles. The van der Waals surface area contributed by atoms with Crippen molar-refractivity contribution in [1.82, 2.24) is 9.78 Å². The van der Waals surface area contributed by atoms with Crippen molar-refractivity contribution < 1.29 is 9.53 Å². The third kappa shape index (κ3) is 2.62. The molecule has 0 unspecified atom stereocenters. The van der Waals surface area contributed by atoms with Crippen LogP contribution in [0, 0.1) is 6.92 Å². The van der Waals surface area contributed by atoms with Gasteiger partial charge in [0.05, 0.1) is 24.2 Å². The van der Waals surface area contributed by atoms with Crippen molar-refractivity contribution in [1.29, 1.82) is 0 Å². The van der Waals surface area contributed by atoms with Crippen LogP contribution in [0.3, 0.4) is 0 Å². The van der Waals surface area contributed by atoms with Gasteiger partial charge in [-0.1, -0.05) is 15.9 Å². The number of nitrogens with two attached hydrogens (primary N) is 1. The molecule has 1 aromatic heterocycles. The molecule has 0 spiro atoms. The molecule has 2 aromatic rings. The van der Waals surface area contributed by atoms with E-state index in [1.165, 1.54) is 4.68 Å². The van der Waals surface area contributed by atoms with Crippen molar-refractivity contribution in [2.45, 2.75) is 6.92 Å². The maximum atomic E-state index is 12.3. The second-order valence-corrected chi connectivity index (χ2v) is 5.19. The van der Waals surface area contributed by atoms with Crippen LogP contribution in [0.15, 0.2) is 22.7 Å². The van der Waals surface area contributed by atoms with Crippen LogP contribution in [-0.2, 0) is 7.05 Å². The molecule has 0 aliphatic carbocycles. The molecular weight excluding hydrogens is 324 g/mol. The Morgan fingerprint density at radius 2 is 2.20 bits per heavy atom. The topological polar surface area (TPSA) is 82.2 Å². The molecule has 1 amide bonds. The lowest BCUT2D eigenvalue weighted by Gasteiger charge is -2.11. The fraction of sp³-hybridized carbons (Fsp3) is 0.231. The number of rotatable bonds is 3. The fourth-order valence-electron chi connectivity index (χ4n) is 1.90. The summed E-state index contributed by atoms with van der Waals surface area (Å²) < 4.78 is 7.51. The van der Waals surface area contributed by atoms with Crippen molar-refractivity contribution >= 4 is 33.2 Å². The molecule has 20 heavy (non-hydrogen) atoms. The molecule has 6 nitrogen and oxygen atoms in total. The number of nitrogens with one attached hydrogen (secondary N) is 1. The van der Waals surface area contributed by atoms with Crippen molar-refractivity contribution in [3.8, 4) is 5.75 Å². The number of halogens is 1. The highest BCUT2D eigenvalue weighted by atomic mass is 79.9. The summed E-state index contributed by atoms with van der Waals surface area (Å²) >= 11 is 3.36. The minimum Gasteiger partial charge on any atom is -0.495 e. The zero-order valence-corrected chi connectivity index (χ0v) is 13.0. The second-order valence-electron chi connectivity index (χ2n) is 4.27. The summed E-state index contributed by atoms with van der Waals surface area (Å²) in [6.07, 6.45) is 0. The van der Waals surface area contributed by atoms with E-state index >= 15 is 0 Å². The van der Waals surface area contributed by atoms with Crippen LogP contribution in [0.25, 0.3) is 0 Å². The van der Waals surface area contributed by atoms with E-state index in [0.717, 1.165) is 4.47 Å². The normalized spacial score (nSPS) is 10.4. The van der Waals surface area contributed by atoms with Gasteiger partial charge in [0.2, 0.25) is 0 Å². The summed E-state index contributed by atoms with van der Waals surface area (Å²) in [5.74, 6) is 0.237. The first-order chi connectivity index (χ1) is 9.43. The second kappa shape index (κ2) is 5.54. The van der Waals surface area contributed by atoms with Crippen LogP contribution in [0.4, 0.5) is 11.4 Å². The highest BCUT2D eigenvalue weighted by molar-refractivity contribution is 9.10. The molecule has 7 heteroatoms. The fourth-order valence-corrected chi connectivity index (χ4v) is 2.26. The lowest BCUT2D eigenvalue weighted by molar-refractivity contribution is 0.101. The Hall–Kier alpha value is -2.02. The van der Waals surface area contributed by atoms with Gasteiger partial charge in [-0.3, -0.25) is 9.48 Å². The first kappa shape index (κ1) is 14.4.